The standard InChI is InChI=1S/C27H35N3O/c31-26(12-5-7-20-17-28-24-10-2-1-9-23(20)24)30-14-6-8-19-15-21-16-22(27(19)30)18-29-13-4-3-11-25(21)29/h1-2,9-10,15,17,21-22,25,27-28H,3-8,11-14,16,18H2/t21-,22+,25-,27+/m0/s1. The molecule has 31 heavy (non-hydrogen) atoms. The summed E-state index contributed by atoms with van der Waals surface area (Å²) in [5, 5.41) is 1.30. The highest BCUT2D eigenvalue weighted by atomic mass is 16.2. The van der Waals surface area contributed by atoms with Crippen LogP contribution in [0.2, 0.25) is 0 Å². The number of fused-ring (bicyclic) bond motifs is 7. The fourth-order valence-electron chi connectivity index (χ4n) is 7.17. The van der Waals surface area contributed by atoms with Crippen molar-refractivity contribution >= 4 is 16.8 Å². The first kappa shape index (κ1) is 19.6. The van der Waals surface area contributed by atoms with Gasteiger partial charge in [0.2, 0.25) is 5.91 Å². The van der Waals surface area contributed by atoms with E-state index in [2.05, 4.69) is 51.3 Å². The summed E-state index contributed by atoms with van der Waals surface area (Å²) >= 11 is 0. The van der Waals surface area contributed by atoms with E-state index in [1.54, 1.807) is 5.57 Å². The second kappa shape index (κ2) is 8.12. The molecule has 4 nitrogen and oxygen atoms in total. The molecule has 2 bridgehead atoms. The van der Waals surface area contributed by atoms with Gasteiger partial charge in [-0.15, -0.1) is 0 Å². The van der Waals surface area contributed by atoms with Gasteiger partial charge in [-0.05, 0) is 75.0 Å². The minimum absolute atomic E-state index is 0.383. The molecule has 6 rings (SSSR count). The van der Waals surface area contributed by atoms with E-state index in [1.807, 2.05) is 0 Å². The summed E-state index contributed by atoms with van der Waals surface area (Å²) < 4.78 is 0. The number of hydrogen-bond donors (Lipinski definition) is 1. The van der Waals surface area contributed by atoms with Gasteiger partial charge in [-0.1, -0.05) is 36.3 Å². The maximum atomic E-state index is 13.4. The van der Waals surface area contributed by atoms with Crippen LogP contribution in [0, 0.1) is 11.8 Å². The quantitative estimate of drug-likeness (QED) is 0.718. The molecule has 4 aliphatic rings. The van der Waals surface area contributed by atoms with Gasteiger partial charge >= 0.3 is 0 Å². The number of nitrogens with one attached hydrogen (secondary N) is 1. The van der Waals surface area contributed by atoms with Crippen LogP contribution in [0.5, 0.6) is 0 Å². The average Bonchev–Trinajstić information content (AvgIpc) is 3.22. The first-order chi connectivity index (χ1) is 15.3. The lowest BCUT2D eigenvalue weighted by molar-refractivity contribution is -0.136. The molecule has 1 aromatic heterocycles. The van der Waals surface area contributed by atoms with E-state index < -0.39 is 0 Å². The van der Waals surface area contributed by atoms with Crippen LogP contribution in [0.3, 0.4) is 0 Å². The van der Waals surface area contributed by atoms with Crippen LogP contribution in [0.4, 0.5) is 0 Å². The van der Waals surface area contributed by atoms with Gasteiger partial charge in [-0.3, -0.25) is 9.69 Å². The Bertz CT molecular complexity index is 991. The summed E-state index contributed by atoms with van der Waals surface area (Å²) in [6.07, 6.45) is 15.1. The number of amides is 1. The van der Waals surface area contributed by atoms with Crippen molar-refractivity contribution in [2.75, 3.05) is 19.6 Å². The number of rotatable bonds is 4. The van der Waals surface area contributed by atoms with Gasteiger partial charge in [0.05, 0.1) is 6.04 Å². The zero-order valence-electron chi connectivity index (χ0n) is 18.6. The summed E-state index contributed by atoms with van der Waals surface area (Å²) in [7, 11) is 0. The Morgan fingerprint density at radius 2 is 2.06 bits per heavy atom. The van der Waals surface area contributed by atoms with Gasteiger partial charge < -0.3 is 9.88 Å². The predicted molar refractivity (Wildman–Crippen MR) is 125 cm³/mol. The molecule has 3 fully saturated rings. The average molecular weight is 418 g/mol. The monoisotopic (exact) mass is 417 g/mol. The lowest BCUT2D eigenvalue weighted by Gasteiger charge is -2.54. The molecular weight excluding hydrogens is 382 g/mol. The van der Waals surface area contributed by atoms with Crippen molar-refractivity contribution in [2.45, 2.75) is 69.9 Å². The Morgan fingerprint density at radius 1 is 1.13 bits per heavy atom. The van der Waals surface area contributed by atoms with Gasteiger partial charge in [0.1, 0.15) is 0 Å². The number of likely N-dealkylation sites (tertiary alicyclic amines) is 1. The molecule has 1 aromatic carbocycles. The molecule has 0 radical (unpaired) electrons. The summed E-state index contributed by atoms with van der Waals surface area (Å²) in [4.78, 5) is 21.8. The lowest BCUT2D eigenvalue weighted by atomic mass is 9.68. The van der Waals surface area contributed by atoms with Crippen molar-refractivity contribution in [2.24, 2.45) is 11.8 Å². The van der Waals surface area contributed by atoms with Crippen molar-refractivity contribution in [3.05, 3.63) is 47.7 Å². The number of benzene rings is 1. The highest BCUT2D eigenvalue weighted by molar-refractivity contribution is 5.83. The van der Waals surface area contributed by atoms with Gasteiger partial charge in [-0.25, -0.2) is 0 Å². The normalized spacial score (nSPS) is 30.6. The molecule has 4 heteroatoms. The zero-order chi connectivity index (χ0) is 20.8. The summed E-state index contributed by atoms with van der Waals surface area (Å²) in [6.45, 7) is 3.44. The molecule has 164 valence electrons. The first-order valence-corrected chi connectivity index (χ1v) is 12.6. The minimum atomic E-state index is 0.383. The Hall–Kier alpha value is -2.07. The second-order valence-electron chi connectivity index (χ2n) is 10.3. The molecule has 1 amide bonds. The van der Waals surface area contributed by atoms with Crippen LogP contribution >= 0.6 is 0 Å². The first-order valence-electron chi connectivity index (χ1n) is 12.6. The van der Waals surface area contributed by atoms with E-state index in [4.69, 9.17) is 0 Å². The number of aryl methyl sites for hydroxylation is 1. The number of carbonyl (C=O) groups excluding carboxylic acids is 1. The van der Waals surface area contributed by atoms with Crippen LogP contribution in [-0.2, 0) is 11.2 Å². The number of piperidine rings is 3. The van der Waals surface area contributed by atoms with Crippen LogP contribution in [0.15, 0.2) is 42.1 Å². The molecule has 3 saturated heterocycles. The van der Waals surface area contributed by atoms with Gasteiger partial charge in [0.25, 0.3) is 0 Å². The van der Waals surface area contributed by atoms with Crippen LogP contribution < -0.4 is 0 Å². The van der Waals surface area contributed by atoms with Crippen LogP contribution in [0.1, 0.15) is 56.9 Å². The number of aromatic nitrogens is 1. The molecule has 4 atom stereocenters. The topological polar surface area (TPSA) is 39.3 Å². The highest BCUT2D eigenvalue weighted by Gasteiger charge is 2.46. The van der Waals surface area contributed by atoms with E-state index in [0.717, 1.165) is 37.8 Å². The molecule has 3 aliphatic heterocycles. The molecule has 2 aromatic rings. The Balaban J connectivity index is 1.14. The van der Waals surface area contributed by atoms with Gasteiger partial charge in [0, 0.05) is 42.7 Å². The number of nitrogens with zero attached hydrogens (tertiary/aromatic N) is 2. The lowest BCUT2D eigenvalue weighted by Crippen LogP contribution is -2.60. The molecule has 1 N–H and O–H groups in total. The zero-order valence-corrected chi connectivity index (χ0v) is 18.6. The smallest absolute Gasteiger partial charge is 0.223 e. The van der Waals surface area contributed by atoms with Crippen molar-refractivity contribution in [1.29, 1.82) is 0 Å². The third-order valence-electron chi connectivity index (χ3n) is 8.49. The molecule has 0 unspecified atom stereocenters. The molecule has 1 aliphatic carbocycles. The fraction of sp³-hybridized carbons (Fsp3) is 0.593. The number of hydrogen-bond acceptors (Lipinski definition) is 2. The predicted octanol–water partition coefficient (Wildman–Crippen LogP) is 4.91. The fourth-order valence-corrected chi connectivity index (χ4v) is 7.17. The minimum Gasteiger partial charge on any atom is -0.361 e. The summed E-state index contributed by atoms with van der Waals surface area (Å²) in [5.41, 5.74) is 4.13. The molecule has 0 spiro atoms. The number of carbonyl (C=O) groups is 1. The van der Waals surface area contributed by atoms with Gasteiger partial charge in [-0.2, -0.15) is 0 Å². The van der Waals surface area contributed by atoms with E-state index in [1.165, 1.54) is 61.7 Å². The SMILES string of the molecule is O=C(CCCc1c[nH]c2ccccc12)N1CCCC2=C[C@H]3C[C@H](CN4CCCC[C@@H]34)[C@@H]21. The molecule has 0 saturated carbocycles. The number of aromatic amines is 1. The van der Waals surface area contributed by atoms with Crippen molar-refractivity contribution in [3.8, 4) is 0 Å². The van der Waals surface area contributed by atoms with Crippen LogP contribution in [0.25, 0.3) is 10.9 Å². The Morgan fingerprint density at radius 3 is 3.03 bits per heavy atom. The summed E-state index contributed by atoms with van der Waals surface area (Å²) in [6, 6.07) is 9.63. The second-order valence-corrected chi connectivity index (χ2v) is 10.3. The van der Waals surface area contributed by atoms with E-state index in [-0.39, 0.29) is 0 Å². The Kier molecular flexibility index (Phi) is 5.14. The van der Waals surface area contributed by atoms with E-state index >= 15 is 0 Å². The third kappa shape index (κ3) is 3.53. The maximum absolute atomic E-state index is 13.4. The van der Waals surface area contributed by atoms with Crippen molar-refractivity contribution in [3.63, 3.8) is 0 Å². The number of para-hydroxylation sites is 1. The molecular formula is C27H35N3O. The summed E-state index contributed by atoms with van der Waals surface area (Å²) in [5.74, 6) is 1.77. The van der Waals surface area contributed by atoms with Crippen LogP contribution in [-0.4, -0.2) is 52.4 Å². The van der Waals surface area contributed by atoms with Crippen molar-refractivity contribution in [1.82, 2.24) is 14.8 Å². The van der Waals surface area contributed by atoms with Crippen molar-refractivity contribution < 1.29 is 4.79 Å². The maximum Gasteiger partial charge on any atom is 0.223 e. The Labute approximate surface area is 185 Å². The highest BCUT2D eigenvalue weighted by Crippen LogP contribution is 2.45. The van der Waals surface area contributed by atoms with E-state index in [0.29, 0.717) is 24.3 Å². The van der Waals surface area contributed by atoms with Gasteiger partial charge in [0.15, 0.2) is 0 Å². The largest absolute Gasteiger partial charge is 0.361 e. The molecule has 4 heterocycles. The third-order valence-corrected chi connectivity index (χ3v) is 8.49. The van der Waals surface area contributed by atoms with E-state index in [9.17, 15) is 4.79 Å². The number of H-pyrrole nitrogens is 1.